The van der Waals surface area contributed by atoms with Crippen molar-refractivity contribution in [3.05, 3.63) is 65.2 Å². The quantitative estimate of drug-likeness (QED) is 0.714. The molecule has 2 aromatic carbocycles. The Labute approximate surface area is 162 Å². The summed E-state index contributed by atoms with van der Waals surface area (Å²) in [5.74, 6) is -1.54. The van der Waals surface area contributed by atoms with Crippen LogP contribution in [0.5, 0.6) is 0 Å². The smallest absolute Gasteiger partial charge is 0.305 e. The highest BCUT2D eigenvalue weighted by molar-refractivity contribution is 7.98. The van der Waals surface area contributed by atoms with Gasteiger partial charge < -0.3 is 15.3 Å². The zero-order valence-electron chi connectivity index (χ0n) is 15.4. The number of nitrogens with zero attached hydrogens (tertiary/aromatic N) is 1. The largest absolute Gasteiger partial charge is 0.481 e. The highest BCUT2D eigenvalue weighted by Crippen LogP contribution is 2.22. The van der Waals surface area contributed by atoms with E-state index in [1.807, 2.05) is 30.5 Å². The average molecular weight is 386 g/mol. The van der Waals surface area contributed by atoms with Gasteiger partial charge in [0.2, 0.25) is 0 Å². The number of nitrogens with one attached hydrogen (secondary N) is 1. The summed E-state index contributed by atoms with van der Waals surface area (Å²) < 4.78 is 0. The summed E-state index contributed by atoms with van der Waals surface area (Å²) in [5, 5.41) is 11.9. The second-order valence-corrected chi connectivity index (χ2v) is 7.05. The maximum atomic E-state index is 12.5. The molecule has 2 rings (SSSR count). The number of hydrogen-bond donors (Lipinski definition) is 2. The van der Waals surface area contributed by atoms with Gasteiger partial charge >= 0.3 is 5.97 Å². The van der Waals surface area contributed by atoms with Crippen molar-refractivity contribution < 1.29 is 19.5 Å². The number of rotatable bonds is 7. The summed E-state index contributed by atoms with van der Waals surface area (Å²) >= 11 is 1.58. The highest BCUT2D eigenvalue weighted by atomic mass is 32.2. The summed E-state index contributed by atoms with van der Waals surface area (Å²) in [6, 6.07) is 13.0. The minimum atomic E-state index is -0.999. The Morgan fingerprint density at radius 2 is 1.56 bits per heavy atom. The van der Waals surface area contributed by atoms with Crippen LogP contribution in [0.1, 0.15) is 38.7 Å². The van der Waals surface area contributed by atoms with Gasteiger partial charge in [0, 0.05) is 30.1 Å². The number of amides is 2. The third-order valence-electron chi connectivity index (χ3n) is 4.00. The van der Waals surface area contributed by atoms with E-state index in [0.717, 1.165) is 10.5 Å². The Bertz CT molecular complexity index is 817. The molecule has 0 bridgehead atoms. The standard InChI is InChI=1S/C20H22N2O4S/c1-22(2)20(26)15-6-4-14(5-7-15)19(25)21-17(12-18(23)24)13-8-10-16(27-3)11-9-13/h4-11,17H,12H2,1-3H3,(H,21,25)(H,23,24). The summed E-state index contributed by atoms with van der Waals surface area (Å²) in [6.07, 6.45) is 1.73. The van der Waals surface area contributed by atoms with E-state index in [4.69, 9.17) is 0 Å². The summed E-state index contributed by atoms with van der Waals surface area (Å²) in [6.45, 7) is 0. The Balaban J connectivity index is 2.17. The molecule has 7 heteroatoms. The molecule has 2 amide bonds. The van der Waals surface area contributed by atoms with E-state index < -0.39 is 12.0 Å². The molecule has 0 fully saturated rings. The van der Waals surface area contributed by atoms with Gasteiger partial charge in [-0.3, -0.25) is 14.4 Å². The molecule has 0 radical (unpaired) electrons. The molecule has 0 saturated heterocycles. The van der Waals surface area contributed by atoms with E-state index >= 15 is 0 Å². The second-order valence-electron chi connectivity index (χ2n) is 6.17. The molecule has 0 spiro atoms. The van der Waals surface area contributed by atoms with Gasteiger partial charge in [-0.25, -0.2) is 0 Å². The van der Waals surface area contributed by atoms with Crippen molar-refractivity contribution in [3.63, 3.8) is 0 Å². The fourth-order valence-electron chi connectivity index (χ4n) is 2.53. The summed E-state index contributed by atoms with van der Waals surface area (Å²) in [4.78, 5) is 38.2. The fourth-order valence-corrected chi connectivity index (χ4v) is 2.94. The number of carbonyl (C=O) groups excluding carboxylic acids is 2. The Morgan fingerprint density at radius 1 is 1.00 bits per heavy atom. The van der Waals surface area contributed by atoms with Gasteiger partial charge in [0.25, 0.3) is 11.8 Å². The average Bonchev–Trinajstić information content (AvgIpc) is 2.66. The predicted octanol–water partition coefficient (Wildman–Crippen LogP) is 3.06. The lowest BCUT2D eigenvalue weighted by Crippen LogP contribution is -2.30. The van der Waals surface area contributed by atoms with Crippen LogP contribution in [0.2, 0.25) is 0 Å². The number of carboxylic acid groups (broad SMARTS) is 1. The molecule has 0 aromatic heterocycles. The Kier molecular flexibility index (Phi) is 7.01. The molecule has 0 aliphatic carbocycles. The normalized spacial score (nSPS) is 11.5. The van der Waals surface area contributed by atoms with Crippen molar-refractivity contribution in [1.82, 2.24) is 10.2 Å². The summed E-state index contributed by atoms with van der Waals surface area (Å²) in [7, 11) is 3.31. The predicted molar refractivity (Wildman–Crippen MR) is 105 cm³/mol. The molecule has 2 N–H and O–H groups in total. The van der Waals surface area contributed by atoms with Crippen LogP contribution in [-0.2, 0) is 4.79 Å². The monoisotopic (exact) mass is 386 g/mol. The number of hydrogen-bond acceptors (Lipinski definition) is 4. The lowest BCUT2D eigenvalue weighted by molar-refractivity contribution is -0.137. The molecule has 0 heterocycles. The van der Waals surface area contributed by atoms with Gasteiger partial charge in [-0.15, -0.1) is 11.8 Å². The maximum Gasteiger partial charge on any atom is 0.305 e. The first-order valence-corrected chi connectivity index (χ1v) is 9.52. The van der Waals surface area contributed by atoms with Gasteiger partial charge in [-0.1, -0.05) is 12.1 Å². The van der Waals surface area contributed by atoms with E-state index in [9.17, 15) is 19.5 Å². The van der Waals surface area contributed by atoms with Gasteiger partial charge in [-0.2, -0.15) is 0 Å². The van der Waals surface area contributed by atoms with Crippen LogP contribution in [-0.4, -0.2) is 48.1 Å². The van der Waals surface area contributed by atoms with Gasteiger partial charge in [0.1, 0.15) is 0 Å². The zero-order valence-corrected chi connectivity index (χ0v) is 16.2. The first kappa shape index (κ1) is 20.5. The molecule has 0 saturated carbocycles. The Hall–Kier alpha value is -2.80. The van der Waals surface area contributed by atoms with Gasteiger partial charge in [-0.05, 0) is 48.2 Å². The van der Waals surface area contributed by atoms with E-state index in [-0.39, 0.29) is 18.2 Å². The van der Waals surface area contributed by atoms with Crippen molar-refractivity contribution in [1.29, 1.82) is 0 Å². The molecular weight excluding hydrogens is 364 g/mol. The number of aliphatic carboxylic acids is 1. The SMILES string of the molecule is CSc1ccc(C(CC(=O)O)NC(=O)c2ccc(C(=O)N(C)C)cc2)cc1. The molecule has 1 unspecified atom stereocenters. The number of carboxylic acids is 1. The first-order chi connectivity index (χ1) is 12.8. The maximum absolute atomic E-state index is 12.5. The molecule has 0 aliphatic rings. The van der Waals surface area contributed by atoms with Crippen molar-refractivity contribution >= 4 is 29.5 Å². The molecule has 27 heavy (non-hydrogen) atoms. The van der Waals surface area contributed by atoms with E-state index in [1.165, 1.54) is 4.90 Å². The van der Waals surface area contributed by atoms with E-state index in [2.05, 4.69) is 5.32 Å². The van der Waals surface area contributed by atoms with Crippen LogP contribution in [0.3, 0.4) is 0 Å². The highest BCUT2D eigenvalue weighted by Gasteiger charge is 2.19. The molecule has 6 nitrogen and oxygen atoms in total. The van der Waals surface area contributed by atoms with Crippen molar-refractivity contribution in [2.75, 3.05) is 20.4 Å². The third kappa shape index (κ3) is 5.59. The molecule has 142 valence electrons. The first-order valence-electron chi connectivity index (χ1n) is 8.30. The minimum Gasteiger partial charge on any atom is -0.481 e. The molecular formula is C20H22N2O4S. The van der Waals surface area contributed by atoms with Crippen molar-refractivity contribution in [2.24, 2.45) is 0 Å². The van der Waals surface area contributed by atoms with Gasteiger partial charge in [0.05, 0.1) is 12.5 Å². The molecule has 1 atom stereocenters. The van der Waals surface area contributed by atoms with E-state index in [0.29, 0.717) is 11.1 Å². The third-order valence-corrected chi connectivity index (χ3v) is 4.75. The van der Waals surface area contributed by atoms with Gasteiger partial charge in [0.15, 0.2) is 0 Å². The van der Waals surface area contributed by atoms with Crippen LogP contribution in [0.25, 0.3) is 0 Å². The topological polar surface area (TPSA) is 86.7 Å². The van der Waals surface area contributed by atoms with Crippen molar-refractivity contribution in [3.8, 4) is 0 Å². The van der Waals surface area contributed by atoms with Crippen LogP contribution in [0.15, 0.2) is 53.4 Å². The summed E-state index contributed by atoms with van der Waals surface area (Å²) in [5.41, 5.74) is 1.57. The molecule has 0 aliphatic heterocycles. The zero-order chi connectivity index (χ0) is 20.0. The molecule has 2 aromatic rings. The fraction of sp³-hybridized carbons (Fsp3) is 0.250. The van der Waals surface area contributed by atoms with Crippen LogP contribution < -0.4 is 5.32 Å². The minimum absolute atomic E-state index is 0.153. The van der Waals surface area contributed by atoms with Crippen LogP contribution in [0.4, 0.5) is 0 Å². The lowest BCUT2D eigenvalue weighted by Gasteiger charge is -2.18. The lowest BCUT2D eigenvalue weighted by atomic mass is 10.0. The number of benzene rings is 2. The Morgan fingerprint density at radius 3 is 2.04 bits per heavy atom. The van der Waals surface area contributed by atoms with E-state index in [1.54, 1.807) is 50.1 Å². The van der Waals surface area contributed by atoms with Crippen LogP contribution >= 0.6 is 11.8 Å². The second kappa shape index (κ2) is 9.23. The number of carbonyl (C=O) groups is 3. The number of thioether (sulfide) groups is 1. The van der Waals surface area contributed by atoms with Crippen LogP contribution in [0, 0.1) is 0 Å². The van der Waals surface area contributed by atoms with Crippen molar-refractivity contribution in [2.45, 2.75) is 17.4 Å².